The Morgan fingerprint density at radius 2 is 2.00 bits per heavy atom. The summed E-state index contributed by atoms with van der Waals surface area (Å²) in [5, 5.41) is 12.0. The summed E-state index contributed by atoms with van der Waals surface area (Å²) < 4.78 is 29.5. The van der Waals surface area contributed by atoms with Crippen molar-refractivity contribution in [1.29, 1.82) is 5.41 Å². The van der Waals surface area contributed by atoms with Gasteiger partial charge in [-0.05, 0) is 42.7 Å². The summed E-state index contributed by atoms with van der Waals surface area (Å²) in [6, 6.07) is 5.60. The average molecular weight is 515 g/mol. The van der Waals surface area contributed by atoms with Gasteiger partial charge < -0.3 is 25.9 Å². The molecule has 2 aliphatic rings. The molecule has 192 valence electrons. The fourth-order valence-corrected chi connectivity index (χ4v) is 5.07. The predicted molar refractivity (Wildman–Crippen MR) is 141 cm³/mol. The highest BCUT2D eigenvalue weighted by Gasteiger charge is 2.39. The summed E-state index contributed by atoms with van der Waals surface area (Å²) in [5.41, 5.74) is 9.59. The number of piperidine rings is 1. The Morgan fingerprint density at radius 3 is 2.87 bits per heavy atom. The lowest BCUT2D eigenvalue weighted by Gasteiger charge is -2.43. The van der Waals surface area contributed by atoms with Gasteiger partial charge in [0.25, 0.3) is 0 Å². The molecule has 0 radical (unpaired) electrons. The van der Waals surface area contributed by atoms with Crippen molar-refractivity contribution in [2.24, 2.45) is 4.99 Å². The second-order valence-corrected chi connectivity index (χ2v) is 9.39. The van der Waals surface area contributed by atoms with Crippen LogP contribution in [-0.2, 0) is 6.54 Å². The van der Waals surface area contributed by atoms with Crippen LogP contribution in [0.3, 0.4) is 0 Å². The number of aromatic nitrogens is 5. The molecule has 38 heavy (non-hydrogen) atoms. The molecule has 0 bridgehead atoms. The highest BCUT2D eigenvalue weighted by atomic mass is 19.2. The molecule has 4 N–H and O–H groups in total. The van der Waals surface area contributed by atoms with Crippen molar-refractivity contribution in [3.8, 4) is 11.3 Å². The number of nitrogens with zero attached hydrogens (tertiary/aromatic N) is 7. The third-order valence-corrected chi connectivity index (χ3v) is 7.02. The normalized spacial score (nSPS) is 19.2. The minimum atomic E-state index is -0.937. The number of nitrogen functional groups attached to an aromatic ring is 1. The Bertz CT molecular complexity index is 1610. The molecule has 1 fully saturated rings. The van der Waals surface area contributed by atoms with E-state index in [9.17, 15) is 8.78 Å². The standard InChI is InChI=1S/C26H24F2N10/c27-18-3-2-16(8-19(18)28)20-9-17(12-38-15-35-23-24(30)33-14-34-25(23)38)21(10-32-20)37-7-1-4-26(13-37)22(29)11-31-5-6-36-26/h2-3,5-6,8-11,14-15,29,36H,1,4,7,12-13H2,(H2,30,33,34). The smallest absolute Gasteiger partial charge is 0.165 e. The lowest BCUT2D eigenvalue weighted by atomic mass is 9.84. The molecular formula is C26H24F2N10. The number of pyridine rings is 1. The molecule has 10 nitrogen and oxygen atoms in total. The van der Waals surface area contributed by atoms with Crippen LogP contribution in [0.4, 0.5) is 20.3 Å². The van der Waals surface area contributed by atoms with E-state index in [1.165, 1.54) is 12.4 Å². The van der Waals surface area contributed by atoms with Crippen molar-refractivity contribution in [1.82, 2.24) is 29.8 Å². The number of aliphatic imine (C=N–C) groups is 1. The van der Waals surface area contributed by atoms with Gasteiger partial charge in [-0.15, -0.1) is 0 Å². The van der Waals surface area contributed by atoms with Crippen LogP contribution in [0.15, 0.2) is 60.5 Å². The van der Waals surface area contributed by atoms with Crippen LogP contribution >= 0.6 is 0 Å². The predicted octanol–water partition coefficient (Wildman–Crippen LogP) is 3.30. The van der Waals surface area contributed by atoms with E-state index in [1.54, 1.807) is 31.1 Å². The summed E-state index contributed by atoms with van der Waals surface area (Å²) in [4.78, 5) is 23.7. The molecule has 1 aromatic carbocycles. The topological polar surface area (TPSA) is 134 Å². The number of nitrogens with one attached hydrogen (secondary N) is 2. The van der Waals surface area contributed by atoms with Crippen LogP contribution < -0.4 is 16.0 Å². The first-order valence-electron chi connectivity index (χ1n) is 12.1. The molecule has 1 unspecified atom stereocenters. The van der Waals surface area contributed by atoms with E-state index in [0.717, 1.165) is 42.8 Å². The van der Waals surface area contributed by atoms with Gasteiger partial charge in [0.1, 0.15) is 11.8 Å². The summed E-state index contributed by atoms with van der Waals surface area (Å²) in [6.45, 7) is 1.66. The quantitative estimate of drug-likeness (QED) is 0.380. The van der Waals surface area contributed by atoms with E-state index in [4.69, 9.17) is 11.1 Å². The first-order valence-corrected chi connectivity index (χ1v) is 12.1. The Morgan fingerprint density at radius 1 is 1.11 bits per heavy atom. The molecule has 0 aliphatic carbocycles. The van der Waals surface area contributed by atoms with Gasteiger partial charge in [0, 0.05) is 31.1 Å². The van der Waals surface area contributed by atoms with Crippen LogP contribution in [0.25, 0.3) is 22.4 Å². The zero-order valence-electron chi connectivity index (χ0n) is 20.3. The maximum Gasteiger partial charge on any atom is 0.165 e. The van der Waals surface area contributed by atoms with E-state index in [0.29, 0.717) is 41.2 Å². The number of benzene rings is 1. The molecule has 4 aromatic rings. The Labute approximate surface area is 216 Å². The number of hydrogen-bond acceptors (Lipinski definition) is 9. The van der Waals surface area contributed by atoms with Gasteiger partial charge >= 0.3 is 0 Å². The van der Waals surface area contributed by atoms with Gasteiger partial charge in [-0.25, -0.2) is 23.7 Å². The van der Waals surface area contributed by atoms with Gasteiger partial charge in [0.15, 0.2) is 23.1 Å². The van der Waals surface area contributed by atoms with Crippen LogP contribution in [0.1, 0.15) is 18.4 Å². The number of anilines is 2. The lowest BCUT2D eigenvalue weighted by Crippen LogP contribution is -2.60. The molecule has 2 aliphatic heterocycles. The zero-order valence-corrected chi connectivity index (χ0v) is 20.3. The molecule has 1 saturated heterocycles. The van der Waals surface area contributed by atoms with Crippen molar-refractivity contribution in [3.05, 3.63) is 72.7 Å². The van der Waals surface area contributed by atoms with Gasteiger partial charge in [-0.1, -0.05) is 0 Å². The summed E-state index contributed by atoms with van der Waals surface area (Å²) in [5.74, 6) is -1.56. The summed E-state index contributed by atoms with van der Waals surface area (Å²) >= 11 is 0. The Balaban J connectivity index is 1.43. The van der Waals surface area contributed by atoms with Gasteiger partial charge in [0.05, 0.1) is 47.9 Å². The second-order valence-electron chi connectivity index (χ2n) is 9.39. The van der Waals surface area contributed by atoms with E-state index < -0.39 is 17.2 Å². The first kappa shape index (κ1) is 23.6. The number of hydrogen-bond donors (Lipinski definition) is 3. The highest BCUT2D eigenvalue weighted by molar-refractivity contribution is 6.33. The van der Waals surface area contributed by atoms with Crippen molar-refractivity contribution < 1.29 is 8.78 Å². The van der Waals surface area contributed by atoms with Crippen molar-refractivity contribution >= 4 is 34.6 Å². The number of imidazole rings is 1. The van der Waals surface area contributed by atoms with E-state index in [-0.39, 0.29) is 5.82 Å². The Hall–Kier alpha value is -4.74. The number of nitrogens with two attached hydrogens (primary N) is 1. The lowest BCUT2D eigenvalue weighted by molar-refractivity contribution is 0.394. The van der Waals surface area contributed by atoms with Crippen molar-refractivity contribution in [2.75, 3.05) is 23.7 Å². The highest BCUT2D eigenvalue weighted by Crippen LogP contribution is 2.33. The fourth-order valence-electron chi connectivity index (χ4n) is 5.07. The second kappa shape index (κ2) is 9.29. The van der Waals surface area contributed by atoms with Gasteiger partial charge in [-0.3, -0.25) is 9.98 Å². The van der Waals surface area contributed by atoms with Gasteiger partial charge in [0.2, 0.25) is 0 Å². The van der Waals surface area contributed by atoms with Crippen molar-refractivity contribution in [2.45, 2.75) is 24.9 Å². The monoisotopic (exact) mass is 514 g/mol. The Kier molecular flexibility index (Phi) is 5.78. The van der Waals surface area contributed by atoms with E-state index >= 15 is 0 Å². The third-order valence-electron chi connectivity index (χ3n) is 7.02. The zero-order chi connectivity index (χ0) is 26.3. The molecule has 1 spiro atoms. The largest absolute Gasteiger partial charge is 0.382 e. The molecule has 6 rings (SSSR count). The summed E-state index contributed by atoms with van der Waals surface area (Å²) in [7, 11) is 0. The molecule has 0 amide bonds. The number of halogens is 2. The molecule has 1 atom stereocenters. The molecule has 0 saturated carbocycles. The van der Waals surface area contributed by atoms with E-state index in [1.807, 2.05) is 10.6 Å². The fraction of sp³-hybridized carbons (Fsp3) is 0.231. The average Bonchev–Trinajstić information content (AvgIpc) is 3.25. The van der Waals surface area contributed by atoms with Crippen LogP contribution in [0.2, 0.25) is 0 Å². The maximum absolute atomic E-state index is 14.0. The molecule has 3 aromatic heterocycles. The van der Waals surface area contributed by atoms with Crippen molar-refractivity contribution in [3.63, 3.8) is 0 Å². The molecular weight excluding hydrogens is 490 g/mol. The first-order chi connectivity index (χ1) is 18.4. The van der Waals surface area contributed by atoms with Crippen LogP contribution in [0, 0.1) is 17.0 Å². The third kappa shape index (κ3) is 4.13. The van der Waals surface area contributed by atoms with Gasteiger partial charge in [-0.2, -0.15) is 0 Å². The maximum atomic E-state index is 14.0. The summed E-state index contributed by atoms with van der Waals surface area (Å²) in [6.07, 6.45) is 11.4. The number of rotatable bonds is 4. The molecule has 5 heterocycles. The van der Waals surface area contributed by atoms with Crippen LogP contribution in [-0.4, -0.2) is 55.1 Å². The van der Waals surface area contributed by atoms with E-state index in [2.05, 4.69) is 35.1 Å². The SMILES string of the molecule is N=C1C=NC=CNC12CCCN(c1cnc(-c3ccc(F)c(F)c3)cc1Cn1cnc3c(N)ncnc31)C2. The minimum Gasteiger partial charge on any atom is -0.382 e. The number of fused-ring (bicyclic) bond motifs is 1. The molecule has 12 heteroatoms. The van der Waals surface area contributed by atoms with Crippen LogP contribution in [0.5, 0.6) is 0 Å². The minimum absolute atomic E-state index is 0.289.